The van der Waals surface area contributed by atoms with Crippen LogP contribution < -0.4 is 16.0 Å². The number of tetrazole rings is 1. The number of aliphatic carboxylic acids is 1. The van der Waals surface area contributed by atoms with Crippen molar-refractivity contribution in [3.05, 3.63) is 16.9 Å². The maximum absolute atomic E-state index is 13.5. The molecule has 220 valence electrons. The van der Waals surface area contributed by atoms with Crippen molar-refractivity contribution in [3.8, 4) is 0 Å². The van der Waals surface area contributed by atoms with Crippen molar-refractivity contribution in [2.75, 3.05) is 26.2 Å². The van der Waals surface area contributed by atoms with Gasteiger partial charge >= 0.3 is 5.97 Å². The zero-order valence-corrected chi connectivity index (χ0v) is 23.8. The third-order valence-electron chi connectivity index (χ3n) is 10.2. The number of carboxylic acids is 1. The summed E-state index contributed by atoms with van der Waals surface area (Å²) >= 11 is 1.48. The standard InChI is InChI=1S/C26H35N9O5S/c1-12-20-19(13(2)30-18(36)8-34-11-29-31-32-34)24(38)35(20)21(25(39)40)22(12)41-16-4-17(27-6-16)23(37)33-7-14-3-15-5-26(14,10-33)9-28-15/h11-17,19-20,27-28H,3-10H2,1-2H3,(H,30,36)(H,39,40)/t12-,13?,14?,15?,16+,17+,19-,20-,26-/m1/s1. The van der Waals surface area contributed by atoms with Crippen LogP contribution in [0.2, 0.25) is 0 Å². The number of β-lactam (4-membered cyclic amide) rings is 1. The molecular formula is C26H35N9O5S. The van der Waals surface area contributed by atoms with E-state index in [1.807, 2.05) is 11.8 Å². The maximum Gasteiger partial charge on any atom is 0.353 e. The molecule has 1 aliphatic carbocycles. The van der Waals surface area contributed by atoms with Crippen molar-refractivity contribution >= 4 is 35.5 Å². The van der Waals surface area contributed by atoms with Crippen LogP contribution in [0, 0.1) is 23.2 Å². The number of carbonyl (C=O) groups excluding carboxylic acids is 3. The second-order valence-electron chi connectivity index (χ2n) is 12.6. The number of hydrogen-bond donors (Lipinski definition) is 4. The summed E-state index contributed by atoms with van der Waals surface area (Å²) in [7, 11) is 0. The van der Waals surface area contributed by atoms with Gasteiger partial charge in [-0.3, -0.25) is 14.4 Å². The van der Waals surface area contributed by atoms with Crippen LogP contribution in [0.25, 0.3) is 0 Å². The Kier molecular flexibility index (Phi) is 6.39. The van der Waals surface area contributed by atoms with Crippen molar-refractivity contribution in [3.63, 3.8) is 0 Å². The summed E-state index contributed by atoms with van der Waals surface area (Å²) < 4.78 is 1.29. The minimum Gasteiger partial charge on any atom is -0.477 e. The molecule has 6 heterocycles. The van der Waals surface area contributed by atoms with E-state index in [1.54, 1.807) is 6.92 Å². The van der Waals surface area contributed by atoms with Gasteiger partial charge < -0.3 is 30.9 Å². The fraction of sp³-hybridized carbons (Fsp3) is 0.731. The van der Waals surface area contributed by atoms with Crippen molar-refractivity contribution < 1.29 is 24.3 Å². The number of hydrogen-bond acceptors (Lipinski definition) is 10. The molecule has 4 N–H and O–H groups in total. The monoisotopic (exact) mass is 585 g/mol. The fourth-order valence-corrected chi connectivity index (χ4v) is 9.80. The Balaban J connectivity index is 0.989. The molecule has 0 radical (unpaired) electrons. The third-order valence-corrected chi connectivity index (χ3v) is 11.7. The quantitative estimate of drug-likeness (QED) is 0.265. The molecule has 3 unspecified atom stereocenters. The lowest BCUT2D eigenvalue weighted by molar-refractivity contribution is -0.158. The molecule has 1 aromatic heterocycles. The number of fused-ring (bicyclic) bond motifs is 2. The Morgan fingerprint density at radius 3 is 2.83 bits per heavy atom. The SMILES string of the molecule is CC(NC(=O)Cn1cnnn1)[C@H]1C(=O)N2C(C(=O)O)=C(S[C@@H]3CN[C@H](C(=O)N4CC5CC6C[C@@]5(CN6)C4)C3)[C@H](C)[C@H]12. The molecule has 0 aromatic carbocycles. The summed E-state index contributed by atoms with van der Waals surface area (Å²) in [4.78, 5) is 55.6. The summed E-state index contributed by atoms with van der Waals surface area (Å²) in [6.45, 7) is 6.90. The van der Waals surface area contributed by atoms with Crippen LogP contribution >= 0.6 is 11.8 Å². The highest BCUT2D eigenvalue weighted by atomic mass is 32.2. The van der Waals surface area contributed by atoms with E-state index in [-0.39, 0.29) is 58.6 Å². The highest BCUT2D eigenvalue weighted by Gasteiger charge is 2.61. The molecule has 1 aromatic rings. The summed E-state index contributed by atoms with van der Waals surface area (Å²) in [6, 6.07) is -0.505. The average molecular weight is 586 g/mol. The molecule has 7 rings (SSSR count). The molecule has 14 nitrogen and oxygen atoms in total. The zero-order valence-electron chi connectivity index (χ0n) is 23.0. The Labute approximate surface area is 241 Å². The van der Waals surface area contributed by atoms with Gasteiger partial charge in [-0.1, -0.05) is 6.92 Å². The van der Waals surface area contributed by atoms with Gasteiger partial charge in [0.15, 0.2) is 0 Å². The van der Waals surface area contributed by atoms with Crippen LogP contribution in [0.1, 0.15) is 33.1 Å². The third kappa shape index (κ3) is 4.26. The predicted octanol–water partition coefficient (Wildman–Crippen LogP) is -1.38. The second-order valence-corrected chi connectivity index (χ2v) is 14.0. The van der Waals surface area contributed by atoms with Gasteiger partial charge in [0, 0.05) is 59.8 Å². The van der Waals surface area contributed by atoms with Gasteiger partial charge in [-0.05, 0) is 42.5 Å². The fourth-order valence-electron chi connectivity index (χ4n) is 8.32. The lowest BCUT2D eigenvalue weighted by Crippen LogP contribution is -2.66. The number of likely N-dealkylation sites (tertiary alicyclic amines) is 1. The number of carboxylic acid groups (broad SMARTS) is 1. The van der Waals surface area contributed by atoms with Crippen LogP contribution in [0.15, 0.2) is 16.9 Å². The van der Waals surface area contributed by atoms with E-state index in [2.05, 4.69) is 31.5 Å². The Bertz CT molecular complexity index is 1320. The number of thioether (sulfide) groups is 1. The molecule has 2 bridgehead atoms. The van der Waals surface area contributed by atoms with Crippen molar-refractivity contribution in [2.24, 2.45) is 23.2 Å². The van der Waals surface area contributed by atoms with E-state index in [0.29, 0.717) is 29.8 Å². The number of piperidine rings is 1. The van der Waals surface area contributed by atoms with Gasteiger partial charge in [0.05, 0.1) is 18.0 Å². The number of rotatable bonds is 8. The number of amides is 3. The van der Waals surface area contributed by atoms with Gasteiger partial charge in [0.2, 0.25) is 17.7 Å². The van der Waals surface area contributed by atoms with Gasteiger partial charge in [0.1, 0.15) is 18.6 Å². The first-order valence-corrected chi connectivity index (χ1v) is 15.3. The molecule has 15 heteroatoms. The van der Waals surface area contributed by atoms with E-state index in [1.165, 1.54) is 34.1 Å². The normalized spacial score (nSPS) is 37.8. The summed E-state index contributed by atoms with van der Waals surface area (Å²) in [5, 5.41) is 30.7. The molecular weight excluding hydrogens is 550 g/mol. The Morgan fingerprint density at radius 2 is 2.12 bits per heavy atom. The van der Waals surface area contributed by atoms with Crippen LogP contribution in [0.3, 0.4) is 0 Å². The molecule has 1 spiro atoms. The van der Waals surface area contributed by atoms with Crippen LogP contribution in [-0.4, -0.2) is 114 Å². The van der Waals surface area contributed by atoms with Crippen LogP contribution in [0.4, 0.5) is 0 Å². The molecule has 1 saturated carbocycles. The van der Waals surface area contributed by atoms with E-state index >= 15 is 0 Å². The van der Waals surface area contributed by atoms with Gasteiger partial charge in [-0.2, -0.15) is 0 Å². The van der Waals surface area contributed by atoms with E-state index in [0.717, 1.165) is 26.1 Å². The van der Waals surface area contributed by atoms with Crippen molar-refractivity contribution in [2.45, 2.75) is 69.1 Å². The molecule has 5 fully saturated rings. The van der Waals surface area contributed by atoms with Gasteiger partial charge in [-0.25, -0.2) is 9.48 Å². The molecule has 3 amide bonds. The number of nitrogens with zero attached hydrogens (tertiary/aromatic N) is 6. The van der Waals surface area contributed by atoms with Crippen LogP contribution in [0.5, 0.6) is 0 Å². The topological polar surface area (TPSA) is 175 Å². The maximum atomic E-state index is 13.5. The minimum absolute atomic E-state index is 0.0224. The largest absolute Gasteiger partial charge is 0.477 e. The first-order chi connectivity index (χ1) is 19.6. The highest BCUT2D eigenvalue weighted by molar-refractivity contribution is 8.03. The van der Waals surface area contributed by atoms with Crippen LogP contribution in [-0.2, 0) is 25.7 Å². The zero-order chi connectivity index (χ0) is 28.6. The Morgan fingerprint density at radius 1 is 1.29 bits per heavy atom. The first-order valence-electron chi connectivity index (χ1n) is 14.4. The van der Waals surface area contributed by atoms with Gasteiger partial charge in [0.25, 0.3) is 0 Å². The molecule has 4 saturated heterocycles. The van der Waals surface area contributed by atoms with E-state index in [9.17, 15) is 24.3 Å². The highest BCUT2D eigenvalue weighted by Crippen LogP contribution is 2.53. The lowest BCUT2D eigenvalue weighted by atomic mass is 9.78. The minimum atomic E-state index is -1.13. The molecule has 9 atom stereocenters. The van der Waals surface area contributed by atoms with Crippen molar-refractivity contribution in [1.29, 1.82) is 0 Å². The first kappa shape index (κ1) is 26.8. The molecule has 5 aliphatic heterocycles. The Hall–Kier alpha value is -3.04. The average Bonchev–Trinajstić information content (AvgIpc) is 3.75. The lowest BCUT2D eigenvalue weighted by Gasteiger charge is -2.47. The summed E-state index contributed by atoms with van der Waals surface area (Å²) in [5.74, 6) is -1.77. The van der Waals surface area contributed by atoms with E-state index < -0.39 is 17.9 Å². The predicted molar refractivity (Wildman–Crippen MR) is 145 cm³/mol. The summed E-state index contributed by atoms with van der Waals surface area (Å²) in [6.07, 6.45) is 4.27. The summed E-state index contributed by atoms with van der Waals surface area (Å²) in [5.41, 5.74) is 0.277. The van der Waals surface area contributed by atoms with Gasteiger partial charge in [-0.15, -0.1) is 16.9 Å². The number of nitrogens with one attached hydrogen (secondary N) is 3. The molecule has 41 heavy (non-hydrogen) atoms. The smallest absolute Gasteiger partial charge is 0.353 e. The number of carbonyl (C=O) groups is 4. The second kappa shape index (κ2) is 9.76. The van der Waals surface area contributed by atoms with E-state index in [4.69, 9.17) is 0 Å². The molecule has 6 aliphatic rings. The van der Waals surface area contributed by atoms with Crippen molar-refractivity contribution in [1.82, 2.24) is 46.0 Å². The number of aromatic nitrogens is 4.